The highest BCUT2D eigenvalue weighted by atomic mass is 32.2. The maximum atomic E-state index is 13.2. The number of carbonyl (C=O) groups is 1. The molecule has 230 valence electrons. The van der Waals surface area contributed by atoms with Gasteiger partial charge >= 0.3 is 10.1 Å². The molecule has 1 saturated heterocycles. The van der Waals surface area contributed by atoms with Gasteiger partial charge in [0.1, 0.15) is 22.1 Å². The molecule has 0 spiro atoms. The highest BCUT2D eigenvalue weighted by molar-refractivity contribution is 7.87. The molecule has 46 heavy (non-hydrogen) atoms. The normalized spacial score (nSPS) is 13.9. The molecule has 6 aromatic rings. The average molecular weight is 631 g/mol. The van der Waals surface area contributed by atoms with E-state index in [-0.39, 0.29) is 22.6 Å². The van der Waals surface area contributed by atoms with Gasteiger partial charge < -0.3 is 18.4 Å². The maximum Gasteiger partial charge on any atom is 0.339 e. The Morgan fingerprint density at radius 2 is 1.46 bits per heavy atom. The highest BCUT2D eigenvalue weighted by Crippen LogP contribution is 2.32. The van der Waals surface area contributed by atoms with Crippen LogP contribution in [0.25, 0.3) is 22.0 Å². The van der Waals surface area contributed by atoms with Crippen molar-refractivity contribution in [2.24, 2.45) is 0 Å². The number of benzene rings is 4. The van der Waals surface area contributed by atoms with E-state index in [0.29, 0.717) is 35.2 Å². The van der Waals surface area contributed by atoms with E-state index in [2.05, 4.69) is 14.5 Å². The summed E-state index contributed by atoms with van der Waals surface area (Å²) in [7, 11) is -4.06. The van der Waals surface area contributed by atoms with Gasteiger partial charge in [-0.15, -0.1) is 0 Å². The highest BCUT2D eigenvalue weighted by Gasteiger charge is 2.26. The summed E-state index contributed by atoms with van der Waals surface area (Å²) in [5, 5.41) is 1.27. The number of ether oxygens (including phenoxy) is 1. The molecule has 7 rings (SSSR count). The molecule has 0 N–H and O–H groups in total. The van der Waals surface area contributed by atoms with Crippen molar-refractivity contribution in [2.45, 2.75) is 23.8 Å². The van der Waals surface area contributed by atoms with Crippen molar-refractivity contribution >= 4 is 26.8 Å². The van der Waals surface area contributed by atoms with Gasteiger partial charge in [-0.1, -0.05) is 30.3 Å². The third-order valence-corrected chi connectivity index (χ3v) is 9.46. The number of aromatic nitrogens is 3. The van der Waals surface area contributed by atoms with Gasteiger partial charge in [0.25, 0.3) is 5.91 Å². The van der Waals surface area contributed by atoms with Crippen LogP contribution in [0.2, 0.25) is 0 Å². The molecule has 9 nitrogen and oxygen atoms in total. The molecule has 0 aliphatic carbocycles. The number of carbonyl (C=O) groups excluding carboxylic acids is 1. The minimum Gasteiger partial charge on any atom is -0.457 e. The Morgan fingerprint density at radius 1 is 0.739 bits per heavy atom. The van der Waals surface area contributed by atoms with Gasteiger partial charge in [0.15, 0.2) is 0 Å². The van der Waals surface area contributed by atoms with Crippen molar-refractivity contribution in [1.29, 1.82) is 0 Å². The molecule has 10 heteroatoms. The van der Waals surface area contributed by atoms with Crippen molar-refractivity contribution in [3.05, 3.63) is 134 Å². The Kier molecular flexibility index (Phi) is 7.94. The fourth-order valence-electron chi connectivity index (χ4n) is 5.80. The summed E-state index contributed by atoms with van der Waals surface area (Å²) < 4.78 is 39.8. The fraction of sp³-hybridized carbons (Fsp3) is 0.139. The third-order valence-electron chi connectivity index (χ3n) is 8.16. The summed E-state index contributed by atoms with van der Waals surface area (Å²) in [6.07, 6.45) is 8.35. The second-order valence-electron chi connectivity index (χ2n) is 11.1. The molecule has 1 fully saturated rings. The van der Waals surface area contributed by atoms with Gasteiger partial charge in [-0.25, -0.2) is 4.98 Å². The van der Waals surface area contributed by atoms with Gasteiger partial charge in [-0.2, -0.15) is 8.42 Å². The van der Waals surface area contributed by atoms with Crippen LogP contribution in [0.15, 0.2) is 133 Å². The van der Waals surface area contributed by atoms with E-state index in [9.17, 15) is 13.2 Å². The van der Waals surface area contributed by atoms with E-state index in [4.69, 9.17) is 8.92 Å². The number of para-hydroxylation sites is 1. The van der Waals surface area contributed by atoms with E-state index in [0.717, 1.165) is 29.8 Å². The van der Waals surface area contributed by atoms with Crippen LogP contribution in [0.4, 0.5) is 0 Å². The van der Waals surface area contributed by atoms with Gasteiger partial charge in [0, 0.05) is 53.4 Å². The smallest absolute Gasteiger partial charge is 0.339 e. The Labute approximate surface area is 266 Å². The lowest BCUT2D eigenvalue weighted by molar-refractivity contribution is 0.0695. The van der Waals surface area contributed by atoms with Gasteiger partial charge in [0.05, 0.1) is 18.2 Å². The van der Waals surface area contributed by atoms with Crippen molar-refractivity contribution in [1.82, 2.24) is 19.4 Å². The van der Waals surface area contributed by atoms with Crippen LogP contribution in [0.5, 0.6) is 17.2 Å². The molecule has 0 unspecified atom stereocenters. The van der Waals surface area contributed by atoms with Crippen LogP contribution >= 0.6 is 0 Å². The topological polar surface area (TPSA) is 104 Å². The number of piperidine rings is 1. The summed E-state index contributed by atoms with van der Waals surface area (Å²) in [6.45, 7) is 1.25. The SMILES string of the molecule is O=C(c1ccc(Oc2ccccc2)cc1)N1CCC(n2cncc2-c2ccc(OS(=O)(=O)c3cccc4cnccc34)cc2)CC1. The van der Waals surface area contributed by atoms with Crippen LogP contribution in [0.1, 0.15) is 29.2 Å². The first-order chi connectivity index (χ1) is 22.4. The number of hydrogen-bond donors (Lipinski definition) is 0. The fourth-order valence-corrected chi connectivity index (χ4v) is 6.96. The number of rotatable bonds is 8. The standard InChI is InChI=1S/C36H30N4O5S/c41-36(27-11-13-31(14-12-27)44-30-6-2-1-3-7-30)39-21-18-29(19-22-39)40-25-38-24-34(40)26-9-15-32(16-10-26)45-46(42,43)35-8-4-5-28-23-37-20-17-33(28)35/h1-17,20,23-25,29H,18-19,21-22H2. The lowest BCUT2D eigenvalue weighted by Crippen LogP contribution is -2.39. The summed E-state index contributed by atoms with van der Waals surface area (Å²) in [5.41, 5.74) is 2.42. The average Bonchev–Trinajstić information content (AvgIpc) is 3.59. The van der Waals surface area contributed by atoms with Gasteiger partial charge in [-0.05, 0) is 85.6 Å². The number of amides is 1. The number of hydrogen-bond acceptors (Lipinski definition) is 7. The Morgan fingerprint density at radius 3 is 2.22 bits per heavy atom. The molecular formula is C36H30N4O5S. The van der Waals surface area contributed by atoms with Crippen molar-refractivity contribution < 1.29 is 22.1 Å². The van der Waals surface area contributed by atoms with Crippen LogP contribution < -0.4 is 8.92 Å². The number of pyridine rings is 1. The Bertz CT molecular complexity index is 2080. The number of nitrogens with zero attached hydrogens (tertiary/aromatic N) is 4. The number of likely N-dealkylation sites (tertiary alicyclic amines) is 1. The largest absolute Gasteiger partial charge is 0.457 e. The van der Waals surface area contributed by atoms with E-state index in [1.807, 2.05) is 71.9 Å². The first-order valence-electron chi connectivity index (χ1n) is 15.0. The second kappa shape index (κ2) is 12.5. The lowest BCUT2D eigenvalue weighted by Gasteiger charge is -2.33. The van der Waals surface area contributed by atoms with Crippen LogP contribution in [-0.2, 0) is 10.1 Å². The van der Waals surface area contributed by atoms with Crippen LogP contribution in [-0.4, -0.2) is 46.8 Å². The third kappa shape index (κ3) is 6.07. The summed E-state index contributed by atoms with van der Waals surface area (Å²) >= 11 is 0. The zero-order valence-corrected chi connectivity index (χ0v) is 25.6. The Balaban J connectivity index is 0.989. The van der Waals surface area contributed by atoms with Crippen molar-refractivity contribution in [3.63, 3.8) is 0 Å². The van der Waals surface area contributed by atoms with Gasteiger partial charge in [-0.3, -0.25) is 9.78 Å². The van der Waals surface area contributed by atoms with Crippen molar-refractivity contribution in [2.75, 3.05) is 13.1 Å². The predicted octanol–water partition coefficient (Wildman–Crippen LogP) is 7.14. The molecule has 1 aliphatic rings. The Hall–Kier alpha value is -5.48. The van der Waals surface area contributed by atoms with Crippen molar-refractivity contribution in [3.8, 4) is 28.5 Å². The predicted molar refractivity (Wildman–Crippen MR) is 174 cm³/mol. The first kappa shape index (κ1) is 29.2. The quantitative estimate of drug-likeness (QED) is 0.165. The monoisotopic (exact) mass is 630 g/mol. The lowest BCUT2D eigenvalue weighted by atomic mass is 10.0. The number of imidazole rings is 1. The minimum atomic E-state index is -4.06. The van der Waals surface area contributed by atoms with E-state index in [1.54, 1.807) is 55.0 Å². The van der Waals surface area contributed by atoms with E-state index >= 15 is 0 Å². The van der Waals surface area contributed by atoms with Crippen LogP contribution in [0, 0.1) is 0 Å². The molecule has 1 amide bonds. The molecular weight excluding hydrogens is 600 g/mol. The molecule has 1 aliphatic heterocycles. The molecule has 0 atom stereocenters. The van der Waals surface area contributed by atoms with E-state index < -0.39 is 10.1 Å². The van der Waals surface area contributed by atoms with Crippen LogP contribution in [0.3, 0.4) is 0 Å². The zero-order valence-electron chi connectivity index (χ0n) is 24.8. The van der Waals surface area contributed by atoms with E-state index in [1.165, 1.54) is 6.07 Å². The summed E-state index contributed by atoms with van der Waals surface area (Å²) in [5.74, 6) is 1.64. The molecule has 0 saturated carbocycles. The molecule has 3 heterocycles. The second-order valence-corrected chi connectivity index (χ2v) is 12.6. The summed E-state index contributed by atoms with van der Waals surface area (Å²) in [6, 6.07) is 30.6. The molecule has 4 aromatic carbocycles. The zero-order chi connectivity index (χ0) is 31.5. The maximum absolute atomic E-state index is 13.2. The molecule has 0 bridgehead atoms. The molecule has 2 aromatic heterocycles. The minimum absolute atomic E-state index is 0.00118. The first-order valence-corrected chi connectivity index (χ1v) is 16.4. The summed E-state index contributed by atoms with van der Waals surface area (Å²) in [4.78, 5) is 23.7. The molecule has 0 radical (unpaired) electrons. The van der Waals surface area contributed by atoms with Gasteiger partial charge in [0.2, 0.25) is 0 Å². The number of fused-ring (bicyclic) bond motifs is 1.